The van der Waals surface area contributed by atoms with Crippen LogP contribution in [0.25, 0.3) is 0 Å². The van der Waals surface area contributed by atoms with Crippen LogP contribution in [-0.4, -0.2) is 42.5 Å². The van der Waals surface area contributed by atoms with E-state index in [0.29, 0.717) is 23.8 Å². The zero-order valence-corrected chi connectivity index (χ0v) is 13.9. The zero-order valence-electron chi connectivity index (χ0n) is 13.9. The third-order valence-electron chi connectivity index (χ3n) is 4.49. The van der Waals surface area contributed by atoms with Crippen molar-refractivity contribution in [1.82, 2.24) is 10.2 Å². The fourth-order valence-corrected chi connectivity index (χ4v) is 2.95. The quantitative estimate of drug-likeness (QED) is 0.816. The summed E-state index contributed by atoms with van der Waals surface area (Å²) in [6.45, 7) is 5.56. The molecule has 1 aliphatic heterocycles. The number of benzene rings is 1. The lowest BCUT2D eigenvalue weighted by Gasteiger charge is -2.32. The monoisotopic (exact) mass is 328 g/mol. The van der Waals surface area contributed by atoms with E-state index in [2.05, 4.69) is 11.9 Å². The molecule has 1 aromatic rings. The van der Waals surface area contributed by atoms with Gasteiger partial charge in [-0.15, -0.1) is 6.58 Å². The smallest absolute Gasteiger partial charge is 0.251 e. The van der Waals surface area contributed by atoms with E-state index in [1.807, 2.05) is 17.0 Å². The van der Waals surface area contributed by atoms with E-state index in [-0.39, 0.29) is 17.9 Å². The average Bonchev–Trinajstić information content (AvgIpc) is 3.45. The highest BCUT2D eigenvalue weighted by atomic mass is 16.5. The summed E-state index contributed by atoms with van der Waals surface area (Å²) in [5, 5.41) is 2.76. The first-order chi connectivity index (χ1) is 11.7. The van der Waals surface area contributed by atoms with Crippen LogP contribution in [0.3, 0.4) is 0 Å². The highest BCUT2D eigenvalue weighted by Gasteiger charge is 2.35. The number of amides is 2. The molecular formula is C19H24N2O3. The number of likely N-dealkylation sites (tertiary alicyclic amines) is 1. The maximum atomic E-state index is 12.1. The van der Waals surface area contributed by atoms with Gasteiger partial charge in [0.25, 0.3) is 5.91 Å². The summed E-state index contributed by atoms with van der Waals surface area (Å²) >= 11 is 0. The van der Waals surface area contributed by atoms with Crippen LogP contribution in [0, 0.1) is 5.92 Å². The maximum absolute atomic E-state index is 12.1. The molecule has 0 spiro atoms. The number of nitrogens with zero attached hydrogens (tertiary/aromatic N) is 1. The molecule has 2 fully saturated rings. The van der Waals surface area contributed by atoms with E-state index in [1.165, 1.54) is 0 Å². The van der Waals surface area contributed by atoms with E-state index in [1.54, 1.807) is 18.2 Å². The third kappa shape index (κ3) is 4.16. The third-order valence-corrected chi connectivity index (χ3v) is 4.49. The molecule has 2 aliphatic rings. The number of nitrogens with one attached hydrogen (secondary N) is 1. The number of carbonyl (C=O) groups is 2. The van der Waals surface area contributed by atoms with Gasteiger partial charge in [-0.1, -0.05) is 12.1 Å². The Hall–Kier alpha value is -2.30. The van der Waals surface area contributed by atoms with Crippen molar-refractivity contribution in [3.63, 3.8) is 0 Å². The Morgan fingerprint density at radius 2 is 2.00 bits per heavy atom. The fourth-order valence-electron chi connectivity index (χ4n) is 2.95. The van der Waals surface area contributed by atoms with Crippen molar-refractivity contribution in [1.29, 1.82) is 0 Å². The van der Waals surface area contributed by atoms with Crippen LogP contribution < -0.4 is 10.1 Å². The molecule has 0 radical (unpaired) electrons. The Labute approximate surface area is 142 Å². The van der Waals surface area contributed by atoms with Crippen LogP contribution in [0.2, 0.25) is 0 Å². The molecule has 1 N–H and O–H groups in total. The van der Waals surface area contributed by atoms with Crippen LogP contribution in [0.4, 0.5) is 0 Å². The van der Waals surface area contributed by atoms with Crippen LogP contribution in [0.15, 0.2) is 36.9 Å². The van der Waals surface area contributed by atoms with Gasteiger partial charge >= 0.3 is 0 Å². The van der Waals surface area contributed by atoms with Crippen molar-refractivity contribution in [2.45, 2.75) is 31.8 Å². The molecule has 0 unspecified atom stereocenters. The largest absolute Gasteiger partial charge is 0.490 e. The molecule has 0 aromatic heterocycles. The van der Waals surface area contributed by atoms with Gasteiger partial charge in [-0.2, -0.15) is 0 Å². The van der Waals surface area contributed by atoms with Crippen LogP contribution in [0.1, 0.15) is 36.0 Å². The van der Waals surface area contributed by atoms with Gasteiger partial charge in [0.15, 0.2) is 0 Å². The van der Waals surface area contributed by atoms with E-state index < -0.39 is 0 Å². The zero-order chi connectivity index (χ0) is 16.9. The Bertz CT molecular complexity index is 617. The summed E-state index contributed by atoms with van der Waals surface area (Å²) in [7, 11) is 0. The van der Waals surface area contributed by atoms with Crippen molar-refractivity contribution in [2.24, 2.45) is 5.92 Å². The summed E-state index contributed by atoms with van der Waals surface area (Å²) < 4.78 is 6.02. The summed E-state index contributed by atoms with van der Waals surface area (Å²) in [4.78, 5) is 26.0. The molecular weight excluding hydrogens is 304 g/mol. The minimum atomic E-state index is -0.134. The van der Waals surface area contributed by atoms with Crippen molar-refractivity contribution < 1.29 is 14.3 Å². The molecule has 128 valence electrons. The molecule has 1 aliphatic carbocycles. The first-order valence-corrected chi connectivity index (χ1v) is 8.62. The van der Waals surface area contributed by atoms with E-state index >= 15 is 0 Å². The number of rotatable bonds is 6. The molecule has 1 saturated heterocycles. The SMILES string of the molecule is C=CCNC(=O)c1cccc(OC2CCN(C(=O)C3CC3)CC2)c1. The number of hydrogen-bond donors (Lipinski definition) is 1. The molecule has 24 heavy (non-hydrogen) atoms. The van der Waals surface area contributed by atoms with Crippen LogP contribution in [-0.2, 0) is 4.79 Å². The highest BCUT2D eigenvalue weighted by Crippen LogP contribution is 2.32. The molecule has 1 saturated carbocycles. The molecule has 0 bridgehead atoms. The van der Waals surface area contributed by atoms with Crippen LogP contribution in [0.5, 0.6) is 5.75 Å². The van der Waals surface area contributed by atoms with E-state index in [4.69, 9.17) is 4.74 Å². The van der Waals surface area contributed by atoms with Crippen molar-refractivity contribution in [3.8, 4) is 5.75 Å². The van der Waals surface area contributed by atoms with E-state index in [9.17, 15) is 9.59 Å². The van der Waals surface area contributed by atoms with Crippen LogP contribution >= 0.6 is 0 Å². The minimum absolute atomic E-state index is 0.0970. The van der Waals surface area contributed by atoms with E-state index in [0.717, 1.165) is 38.8 Å². The lowest BCUT2D eigenvalue weighted by Crippen LogP contribution is -2.42. The lowest BCUT2D eigenvalue weighted by molar-refractivity contribution is -0.134. The van der Waals surface area contributed by atoms with Crippen molar-refractivity contribution >= 4 is 11.8 Å². The molecule has 1 aromatic carbocycles. The van der Waals surface area contributed by atoms with Gasteiger partial charge in [-0.25, -0.2) is 0 Å². The Morgan fingerprint density at radius 3 is 2.67 bits per heavy atom. The van der Waals surface area contributed by atoms with Gasteiger partial charge < -0.3 is 15.0 Å². The fraction of sp³-hybridized carbons (Fsp3) is 0.474. The molecule has 5 nitrogen and oxygen atoms in total. The summed E-state index contributed by atoms with van der Waals surface area (Å²) in [6.07, 6.45) is 5.53. The molecule has 3 rings (SSSR count). The normalized spacial score (nSPS) is 18.1. The second-order valence-electron chi connectivity index (χ2n) is 6.44. The summed E-state index contributed by atoms with van der Waals surface area (Å²) in [5.74, 6) is 1.17. The average molecular weight is 328 g/mol. The van der Waals surface area contributed by atoms with Gasteiger partial charge in [0, 0.05) is 44.0 Å². The number of piperidine rings is 1. The van der Waals surface area contributed by atoms with Crippen molar-refractivity contribution in [2.75, 3.05) is 19.6 Å². The topological polar surface area (TPSA) is 58.6 Å². The second-order valence-corrected chi connectivity index (χ2v) is 6.44. The standard InChI is InChI=1S/C19H24N2O3/c1-2-10-20-18(22)15-4-3-5-17(13-15)24-16-8-11-21(12-9-16)19(23)14-6-7-14/h2-5,13-14,16H,1,6-12H2,(H,20,22). The number of ether oxygens (including phenoxy) is 1. The van der Waals surface area contributed by atoms with Gasteiger partial charge in [0.1, 0.15) is 11.9 Å². The van der Waals surface area contributed by atoms with Gasteiger partial charge in [-0.05, 0) is 31.0 Å². The number of carbonyl (C=O) groups excluding carboxylic acids is 2. The predicted octanol–water partition coefficient (Wildman–Crippen LogP) is 2.38. The Kier molecular flexibility index (Phi) is 5.18. The summed E-state index contributed by atoms with van der Waals surface area (Å²) in [5.41, 5.74) is 0.579. The lowest BCUT2D eigenvalue weighted by atomic mass is 10.1. The number of hydrogen-bond acceptors (Lipinski definition) is 3. The Balaban J connectivity index is 1.52. The van der Waals surface area contributed by atoms with Gasteiger partial charge in [0.05, 0.1) is 0 Å². The highest BCUT2D eigenvalue weighted by molar-refractivity contribution is 5.94. The molecule has 2 amide bonds. The van der Waals surface area contributed by atoms with Crippen molar-refractivity contribution in [3.05, 3.63) is 42.5 Å². The van der Waals surface area contributed by atoms with Gasteiger partial charge in [0.2, 0.25) is 5.91 Å². The predicted molar refractivity (Wildman–Crippen MR) is 91.9 cm³/mol. The molecule has 1 heterocycles. The first kappa shape index (κ1) is 16.6. The molecule has 0 atom stereocenters. The first-order valence-electron chi connectivity index (χ1n) is 8.62. The minimum Gasteiger partial charge on any atom is -0.490 e. The summed E-state index contributed by atoms with van der Waals surface area (Å²) in [6, 6.07) is 7.22. The second kappa shape index (κ2) is 7.51. The van der Waals surface area contributed by atoms with Gasteiger partial charge in [-0.3, -0.25) is 9.59 Å². The Morgan fingerprint density at radius 1 is 1.25 bits per heavy atom. The maximum Gasteiger partial charge on any atom is 0.251 e. The molecule has 5 heteroatoms.